The molecule has 21 nitrogen and oxygen atoms in total. The first-order valence-electron chi connectivity index (χ1n) is 13.7. The van der Waals surface area contributed by atoms with Gasteiger partial charge in [-0.2, -0.15) is 9.97 Å². The first-order valence-corrected chi connectivity index (χ1v) is 17.7. The number of rotatable bonds is 9. The number of benzene rings is 2. The van der Waals surface area contributed by atoms with Crippen LogP contribution in [0.25, 0.3) is 4.72 Å². The number of methoxy groups -OCH3 is 3. The number of nitrogens with one attached hydrogen (secondary N) is 2. The van der Waals surface area contributed by atoms with E-state index in [4.69, 9.17) is 9.47 Å². The SMILES string of the molecule is COC(=O)c1ccc(I)cc1S(=O)(=O)[N-]C(=O)Nc1nc(C)nc(OC)n1.COc1nn(C(=O)NS(=O)(=O)c2ccccc2OC(F)(F)F)c(=O)n1C.[Na+]. The number of amides is 3. The number of aryl methyl sites for hydroxylation is 1. The van der Waals surface area contributed by atoms with Gasteiger partial charge >= 0.3 is 65.6 Å². The van der Waals surface area contributed by atoms with Gasteiger partial charge in [0, 0.05) is 10.6 Å². The van der Waals surface area contributed by atoms with E-state index in [-0.39, 0.29) is 63.6 Å². The molecule has 2 aromatic heterocycles. The molecule has 3 amide bonds. The Kier molecular flexibility index (Phi) is 15.7. The summed E-state index contributed by atoms with van der Waals surface area (Å²) >= 11 is 1.86. The van der Waals surface area contributed by atoms with Gasteiger partial charge in [0.1, 0.15) is 16.5 Å². The molecule has 0 aliphatic carbocycles. The average molecular weight is 926 g/mol. The molecule has 0 atom stereocenters. The largest absolute Gasteiger partial charge is 1.00 e. The number of carbonyl (C=O) groups excluding carboxylic acids is 3. The molecule has 0 spiro atoms. The van der Waals surface area contributed by atoms with Crippen molar-refractivity contribution in [1.29, 1.82) is 0 Å². The molecule has 4 aromatic rings. The predicted octanol–water partition coefficient (Wildman–Crippen LogP) is -0.686. The van der Waals surface area contributed by atoms with E-state index >= 15 is 0 Å². The smallest absolute Gasteiger partial charge is 0.467 e. The molecule has 2 N–H and O–H groups in total. The van der Waals surface area contributed by atoms with E-state index in [9.17, 15) is 49.2 Å². The second-order valence-corrected chi connectivity index (χ2v) is 13.9. The van der Waals surface area contributed by atoms with E-state index < -0.39 is 65.7 Å². The van der Waals surface area contributed by atoms with Crippen LogP contribution in [-0.2, 0) is 31.8 Å². The van der Waals surface area contributed by atoms with Gasteiger partial charge in [-0.15, -0.1) is 23.0 Å². The molecule has 0 aliphatic heterocycles. The molecule has 0 saturated carbocycles. The number of esters is 1. The van der Waals surface area contributed by atoms with Crippen LogP contribution in [0, 0.1) is 10.5 Å². The molecule has 286 valence electrons. The van der Waals surface area contributed by atoms with Gasteiger partial charge in [-0.1, -0.05) is 12.1 Å². The Hall–Kier alpha value is -4.58. The zero-order valence-electron chi connectivity index (χ0n) is 28.4. The van der Waals surface area contributed by atoms with Crippen molar-refractivity contribution in [1.82, 2.24) is 34.0 Å². The minimum atomic E-state index is -5.15. The molecule has 4 rings (SSSR count). The van der Waals surface area contributed by atoms with Crippen LogP contribution in [-0.4, -0.2) is 91.9 Å². The minimum Gasteiger partial charge on any atom is -0.467 e. The summed E-state index contributed by atoms with van der Waals surface area (Å²) in [5.74, 6) is -1.92. The number of aromatic nitrogens is 6. The Morgan fingerprint density at radius 1 is 0.944 bits per heavy atom. The van der Waals surface area contributed by atoms with Crippen LogP contribution in [0.4, 0.5) is 28.7 Å². The van der Waals surface area contributed by atoms with Crippen LogP contribution in [0.3, 0.4) is 0 Å². The van der Waals surface area contributed by atoms with Gasteiger partial charge in [-0.05, 0) is 59.8 Å². The zero-order valence-corrected chi connectivity index (χ0v) is 34.2. The van der Waals surface area contributed by atoms with Crippen LogP contribution in [0.1, 0.15) is 16.2 Å². The normalized spacial score (nSPS) is 11.1. The van der Waals surface area contributed by atoms with Crippen LogP contribution in [0.15, 0.2) is 57.1 Å². The van der Waals surface area contributed by atoms with Crippen molar-refractivity contribution >= 4 is 66.6 Å². The molecule has 0 radical (unpaired) electrons. The quantitative estimate of drug-likeness (QED) is 0.120. The van der Waals surface area contributed by atoms with Crippen molar-refractivity contribution in [2.24, 2.45) is 7.05 Å². The monoisotopic (exact) mass is 925 g/mol. The van der Waals surface area contributed by atoms with E-state index in [1.807, 2.05) is 22.6 Å². The topological polar surface area (TPSA) is 273 Å². The molecule has 2 heterocycles. The van der Waals surface area contributed by atoms with E-state index in [0.29, 0.717) is 3.57 Å². The van der Waals surface area contributed by atoms with Gasteiger partial charge in [0.05, 0.1) is 31.8 Å². The van der Waals surface area contributed by atoms with Gasteiger partial charge in [0.2, 0.25) is 10.0 Å². The Balaban J connectivity index is 0.000000367. The number of hydrogen-bond donors (Lipinski definition) is 2. The number of alkyl halides is 3. The fourth-order valence-electron chi connectivity index (χ4n) is 3.69. The molecule has 0 saturated heterocycles. The second-order valence-electron chi connectivity index (χ2n) is 9.47. The van der Waals surface area contributed by atoms with Gasteiger partial charge in [-0.25, -0.2) is 45.5 Å². The fraction of sp³-hybridized carbons (Fsp3) is 0.231. The van der Waals surface area contributed by atoms with Gasteiger partial charge in [0.25, 0.3) is 10.0 Å². The van der Waals surface area contributed by atoms with Crippen molar-refractivity contribution in [2.45, 2.75) is 23.1 Å². The molecular formula is C26H24F3IN9NaO12S2. The van der Waals surface area contributed by atoms with E-state index in [0.717, 1.165) is 43.1 Å². The second kappa shape index (κ2) is 18.6. The third kappa shape index (κ3) is 12.0. The molecule has 0 aliphatic rings. The first-order chi connectivity index (χ1) is 24.6. The van der Waals surface area contributed by atoms with Gasteiger partial charge < -0.3 is 29.0 Å². The van der Waals surface area contributed by atoms with Gasteiger partial charge in [0.15, 0.2) is 12.0 Å². The van der Waals surface area contributed by atoms with E-state index in [1.54, 1.807) is 0 Å². The number of nitrogens with zero attached hydrogens (tertiary/aromatic N) is 7. The minimum absolute atomic E-state index is 0. The number of anilines is 1. The number of ether oxygens (including phenoxy) is 4. The maximum absolute atomic E-state index is 12.5. The summed E-state index contributed by atoms with van der Waals surface area (Å²) in [5, 5.41) is 5.56. The molecule has 28 heteroatoms. The molecule has 0 unspecified atom stereocenters. The van der Waals surface area contributed by atoms with Crippen molar-refractivity contribution in [2.75, 3.05) is 26.6 Å². The molecular weight excluding hydrogens is 901 g/mol. The standard InChI is InChI=1S/C14H14IN5O6S.C12H11F3N4O6S.Na/c1-7-16-12(19-14(17-7)26-3)18-13(22)20-27(23,24)10-6-8(15)4-5-9(10)11(21)25-2;1-18-10(24-2)16-19(11(18)21)9(20)17-26(22,23)8-6-4-3-5-7(8)25-12(13,14)15;/h4-6H,1-3H3,(H2,16,17,18,19,20,22);3-6H,1-2H3,(H,17,20);/q;;+1/p-1. The summed E-state index contributed by atoms with van der Waals surface area (Å²) < 4.78 is 110. The number of urea groups is 1. The Bertz CT molecular complexity index is 2330. The zero-order chi connectivity index (χ0) is 39.9. The van der Waals surface area contributed by atoms with Crippen LogP contribution in [0.5, 0.6) is 17.8 Å². The summed E-state index contributed by atoms with van der Waals surface area (Å²) in [5.41, 5.74) is -1.28. The average Bonchev–Trinajstić information content (AvgIpc) is 3.36. The van der Waals surface area contributed by atoms with Crippen molar-refractivity contribution in [3.63, 3.8) is 0 Å². The summed E-state index contributed by atoms with van der Waals surface area (Å²) in [6, 6.07) is 4.65. The van der Waals surface area contributed by atoms with Crippen molar-refractivity contribution < 1.29 is 92.9 Å². The number of hydrogen-bond acceptors (Lipinski definition) is 16. The van der Waals surface area contributed by atoms with E-state index in [2.05, 4.69) is 39.6 Å². The van der Waals surface area contributed by atoms with Crippen LogP contribution in [0.2, 0.25) is 0 Å². The summed E-state index contributed by atoms with van der Waals surface area (Å²) in [7, 11) is -4.53. The number of carbonyl (C=O) groups is 3. The maximum atomic E-state index is 12.5. The summed E-state index contributed by atoms with van der Waals surface area (Å²) in [4.78, 5) is 57.7. The van der Waals surface area contributed by atoms with Crippen molar-refractivity contribution in [3.8, 4) is 17.8 Å². The number of halogens is 4. The maximum Gasteiger partial charge on any atom is 1.00 e. The first kappa shape index (κ1) is 45.6. The predicted molar refractivity (Wildman–Crippen MR) is 179 cm³/mol. The van der Waals surface area contributed by atoms with Crippen molar-refractivity contribution in [3.05, 3.63) is 72.6 Å². The third-order valence-electron chi connectivity index (χ3n) is 5.86. The Morgan fingerprint density at radius 2 is 1.59 bits per heavy atom. The molecule has 2 aromatic carbocycles. The summed E-state index contributed by atoms with van der Waals surface area (Å²) in [6.45, 7) is 1.53. The van der Waals surface area contributed by atoms with Crippen LogP contribution < -0.4 is 59.5 Å². The summed E-state index contributed by atoms with van der Waals surface area (Å²) in [6.07, 6.45) is -5.15. The molecule has 54 heavy (non-hydrogen) atoms. The number of sulfonamides is 2. The molecule has 0 fully saturated rings. The molecule has 0 bridgehead atoms. The Morgan fingerprint density at radius 3 is 2.17 bits per heavy atom. The van der Waals surface area contributed by atoms with E-state index in [1.165, 1.54) is 44.0 Å². The van der Waals surface area contributed by atoms with Gasteiger partial charge in [-0.3, -0.25) is 4.79 Å². The fourth-order valence-corrected chi connectivity index (χ4v) is 6.52. The third-order valence-corrected chi connectivity index (χ3v) is 9.19. The van der Waals surface area contributed by atoms with Crippen LogP contribution >= 0.6 is 22.6 Å². The number of para-hydroxylation sites is 1. The Labute approximate surface area is 338 Å².